The van der Waals surface area contributed by atoms with Gasteiger partial charge in [0.15, 0.2) is 0 Å². The van der Waals surface area contributed by atoms with Gasteiger partial charge in [0, 0.05) is 16.8 Å². The van der Waals surface area contributed by atoms with Crippen LogP contribution in [0.25, 0.3) is 0 Å². The molecule has 1 aromatic rings. The van der Waals surface area contributed by atoms with Crippen LogP contribution >= 0.6 is 34.9 Å². The van der Waals surface area contributed by atoms with E-state index in [1.807, 2.05) is 6.26 Å². The number of thioether (sulfide) groups is 1. The second-order valence-corrected chi connectivity index (χ2v) is 4.34. The van der Waals surface area contributed by atoms with Gasteiger partial charge in [-0.3, -0.25) is 0 Å². The Balaban J connectivity index is 2.82. The van der Waals surface area contributed by atoms with E-state index in [4.69, 9.17) is 11.6 Å². The van der Waals surface area contributed by atoms with Crippen molar-refractivity contribution in [3.8, 4) is 0 Å². The lowest BCUT2D eigenvalue weighted by atomic mass is 10.4. The number of nitrogens with zero attached hydrogens (tertiary/aromatic N) is 2. The monoisotopic (exact) mass is 194 g/mol. The minimum absolute atomic E-state index is 0.353. The van der Waals surface area contributed by atoms with Gasteiger partial charge in [0.1, 0.15) is 10.0 Å². The number of hydrogen-bond donors (Lipinski definition) is 0. The predicted molar refractivity (Wildman–Crippen MR) is 46.8 cm³/mol. The number of rotatable bonds is 2. The van der Waals surface area contributed by atoms with Gasteiger partial charge in [0.2, 0.25) is 0 Å². The lowest BCUT2D eigenvalue weighted by Gasteiger charge is -2.01. The van der Waals surface area contributed by atoms with Crippen molar-refractivity contribution >= 4 is 34.9 Å². The molecule has 1 heterocycles. The zero-order chi connectivity index (χ0) is 7.56. The molecule has 0 aliphatic heterocycles. The van der Waals surface area contributed by atoms with Crippen molar-refractivity contribution in [1.29, 1.82) is 0 Å². The Hall–Kier alpha value is 0.200. The summed E-state index contributed by atoms with van der Waals surface area (Å²) in [6.07, 6.45) is 2.03. The average molecular weight is 195 g/mol. The van der Waals surface area contributed by atoms with Crippen LogP contribution in [-0.2, 0) is 0 Å². The van der Waals surface area contributed by atoms with Gasteiger partial charge in [-0.1, -0.05) is 16.1 Å². The lowest BCUT2D eigenvalue weighted by molar-refractivity contribution is 0.972. The summed E-state index contributed by atoms with van der Waals surface area (Å²) >= 11 is 8.75. The van der Waals surface area contributed by atoms with Crippen LogP contribution in [-0.4, -0.2) is 15.8 Å². The molecule has 0 aliphatic carbocycles. The van der Waals surface area contributed by atoms with E-state index in [0.29, 0.717) is 9.59 Å². The Bertz CT molecular complexity index is 213. The van der Waals surface area contributed by atoms with Gasteiger partial charge in [-0.15, -0.1) is 5.10 Å². The third kappa shape index (κ3) is 1.62. The number of hydrogen-bond acceptors (Lipinski definition) is 4. The van der Waals surface area contributed by atoms with Crippen molar-refractivity contribution in [3.05, 3.63) is 10.0 Å². The molecule has 0 radical (unpaired) electrons. The molecular formula is C5H7ClN2S2. The molecule has 0 N–H and O–H groups in total. The molecule has 1 aromatic heterocycles. The maximum Gasteiger partial charge on any atom is 0.138 e. The van der Waals surface area contributed by atoms with Crippen LogP contribution in [0.15, 0.2) is 0 Å². The molecule has 0 saturated heterocycles. The molecule has 0 fully saturated rings. The third-order valence-corrected chi connectivity index (χ3v) is 3.07. The molecule has 56 valence electrons. The molecular weight excluding hydrogens is 188 g/mol. The Morgan fingerprint density at radius 1 is 1.70 bits per heavy atom. The average Bonchev–Trinajstić information content (AvgIpc) is 2.34. The van der Waals surface area contributed by atoms with Crippen LogP contribution in [0.1, 0.15) is 17.9 Å². The SMILES string of the molecule is CSC(C)c1nnsc1Cl. The van der Waals surface area contributed by atoms with Crippen molar-refractivity contribution < 1.29 is 0 Å². The zero-order valence-electron chi connectivity index (χ0n) is 5.67. The summed E-state index contributed by atoms with van der Waals surface area (Å²) in [4.78, 5) is 0. The minimum atomic E-state index is 0.353. The summed E-state index contributed by atoms with van der Waals surface area (Å²) in [5.41, 5.74) is 0.902. The quantitative estimate of drug-likeness (QED) is 0.724. The molecule has 0 bridgehead atoms. The smallest absolute Gasteiger partial charge is 0.138 e. The Morgan fingerprint density at radius 2 is 2.40 bits per heavy atom. The second kappa shape index (κ2) is 3.55. The number of halogens is 1. The van der Waals surface area contributed by atoms with Crippen molar-refractivity contribution in [2.75, 3.05) is 6.26 Å². The van der Waals surface area contributed by atoms with Gasteiger partial charge in [0.25, 0.3) is 0 Å². The Morgan fingerprint density at radius 3 is 2.80 bits per heavy atom. The Labute approximate surface area is 73.1 Å². The molecule has 0 aromatic carbocycles. The van der Waals surface area contributed by atoms with Gasteiger partial charge in [0.05, 0.1) is 0 Å². The van der Waals surface area contributed by atoms with E-state index in [2.05, 4.69) is 16.5 Å². The highest BCUT2D eigenvalue weighted by Crippen LogP contribution is 2.31. The summed E-state index contributed by atoms with van der Waals surface area (Å²) in [5, 5.41) is 4.26. The molecule has 1 rings (SSSR count). The molecule has 1 unspecified atom stereocenters. The summed E-state index contributed by atoms with van der Waals surface area (Å²) < 4.78 is 4.45. The zero-order valence-corrected chi connectivity index (χ0v) is 8.06. The van der Waals surface area contributed by atoms with Crippen molar-refractivity contribution in [2.45, 2.75) is 12.2 Å². The minimum Gasteiger partial charge on any atom is -0.156 e. The fraction of sp³-hybridized carbons (Fsp3) is 0.600. The molecule has 0 amide bonds. The highest BCUT2D eigenvalue weighted by atomic mass is 35.5. The van der Waals surface area contributed by atoms with Gasteiger partial charge in [-0.05, 0) is 13.2 Å². The van der Waals surface area contributed by atoms with Gasteiger partial charge >= 0.3 is 0 Å². The molecule has 10 heavy (non-hydrogen) atoms. The van der Waals surface area contributed by atoms with Gasteiger partial charge < -0.3 is 0 Å². The summed E-state index contributed by atoms with van der Waals surface area (Å²) in [5.74, 6) is 0. The molecule has 0 spiro atoms. The highest BCUT2D eigenvalue weighted by molar-refractivity contribution is 7.98. The maximum absolute atomic E-state index is 5.79. The van der Waals surface area contributed by atoms with Crippen molar-refractivity contribution in [3.63, 3.8) is 0 Å². The topological polar surface area (TPSA) is 25.8 Å². The summed E-state index contributed by atoms with van der Waals surface area (Å²) in [6, 6.07) is 0. The standard InChI is InChI=1S/C5H7ClN2S2/c1-3(9-2)4-5(6)10-8-7-4/h3H,1-2H3. The van der Waals surface area contributed by atoms with Crippen LogP contribution < -0.4 is 0 Å². The van der Waals surface area contributed by atoms with E-state index < -0.39 is 0 Å². The second-order valence-electron chi connectivity index (χ2n) is 1.81. The Kier molecular flexibility index (Phi) is 2.95. The molecule has 1 atom stereocenters. The molecule has 2 nitrogen and oxygen atoms in total. The summed E-state index contributed by atoms with van der Waals surface area (Å²) in [6.45, 7) is 2.06. The lowest BCUT2D eigenvalue weighted by Crippen LogP contribution is -1.87. The van der Waals surface area contributed by atoms with Crippen LogP contribution in [0.3, 0.4) is 0 Å². The van der Waals surface area contributed by atoms with Crippen molar-refractivity contribution in [2.24, 2.45) is 0 Å². The largest absolute Gasteiger partial charge is 0.156 e. The third-order valence-electron chi connectivity index (χ3n) is 1.21. The van der Waals surface area contributed by atoms with E-state index in [9.17, 15) is 0 Å². The summed E-state index contributed by atoms with van der Waals surface area (Å²) in [7, 11) is 0. The fourth-order valence-corrected chi connectivity index (χ4v) is 1.87. The van der Waals surface area contributed by atoms with E-state index in [1.54, 1.807) is 11.8 Å². The first-order valence-electron chi connectivity index (χ1n) is 2.76. The van der Waals surface area contributed by atoms with Gasteiger partial charge in [-0.2, -0.15) is 11.8 Å². The van der Waals surface area contributed by atoms with E-state index in [1.165, 1.54) is 11.5 Å². The van der Waals surface area contributed by atoms with Crippen LogP contribution in [0.4, 0.5) is 0 Å². The molecule has 5 heteroatoms. The first kappa shape index (κ1) is 8.30. The maximum atomic E-state index is 5.79. The first-order chi connectivity index (χ1) is 4.75. The van der Waals surface area contributed by atoms with E-state index >= 15 is 0 Å². The van der Waals surface area contributed by atoms with Crippen LogP contribution in [0.5, 0.6) is 0 Å². The number of aromatic nitrogens is 2. The normalized spacial score (nSPS) is 13.5. The first-order valence-corrected chi connectivity index (χ1v) is 5.20. The molecule has 0 saturated carbocycles. The van der Waals surface area contributed by atoms with E-state index in [-0.39, 0.29) is 0 Å². The highest BCUT2D eigenvalue weighted by Gasteiger charge is 2.11. The molecule has 0 aliphatic rings. The van der Waals surface area contributed by atoms with Crippen LogP contribution in [0, 0.1) is 0 Å². The fourth-order valence-electron chi connectivity index (χ4n) is 0.539. The predicted octanol–water partition coefficient (Wildman–Crippen LogP) is 2.62. The van der Waals surface area contributed by atoms with Gasteiger partial charge in [-0.25, -0.2) is 0 Å². The van der Waals surface area contributed by atoms with Crippen LogP contribution in [0.2, 0.25) is 4.34 Å². The van der Waals surface area contributed by atoms with Crippen molar-refractivity contribution in [1.82, 2.24) is 9.59 Å². The van der Waals surface area contributed by atoms with E-state index in [0.717, 1.165) is 5.69 Å².